The van der Waals surface area contributed by atoms with Crippen LogP contribution in [0.5, 0.6) is 0 Å². The van der Waals surface area contributed by atoms with Gasteiger partial charge in [-0.05, 0) is 137 Å². The largest absolute Gasteiger partial charge is 0.310 e. The molecule has 0 heterocycles. The highest BCUT2D eigenvalue weighted by Gasteiger charge is 2.38. The molecule has 2 aliphatic carbocycles. The van der Waals surface area contributed by atoms with Gasteiger partial charge in [0.25, 0.3) is 0 Å². The summed E-state index contributed by atoms with van der Waals surface area (Å²) in [6, 6.07) is 83.5. The average molecular weight is 832 g/mol. The lowest BCUT2D eigenvalue weighted by atomic mass is 9.81. The third-order valence-electron chi connectivity index (χ3n) is 14.5. The number of benzene rings is 10. The van der Waals surface area contributed by atoms with Gasteiger partial charge in [-0.3, -0.25) is 0 Å². The Labute approximate surface area is 383 Å². The molecule has 1 heteroatoms. The molecule has 0 bridgehead atoms. The molecule has 2 aliphatic rings. The maximum absolute atomic E-state index is 2.54. The molecule has 0 unspecified atom stereocenters. The van der Waals surface area contributed by atoms with Crippen LogP contribution in [-0.2, 0) is 10.8 Å². The van der Waals surface area contributed by atoms with E-state index in [9.17, 15) is 0 Å². The Kier molecular flexibility index (Phi) is 8.94. The monoisotopic (exact) mass is 831 g/mol. The maximum Gasteiger partial charge on any atom is 0.0546 e. The molecule has 10 aromatic rings. The van der Waals surface area contributed by atoms with E-state index < -0.39 is 0 Å². The van der Waals surface area contributed by atoms with Gasteiger partial charge in [0.2, 0.25) is 0 Å². The second-order valence-corrected chi connectivity index (χ2v) is 18.9. The highest BCUT2D eigenvalue weighted by Crippen LogP contribution is 2.55. The summed E-state index contributed by atoms with van der Waals surface area (Å²) in [6.07, 6.45) is 0. The summed E-state index contributed by atoms with van der Waals surface area (Å²) in [5.74, 6) is 0. The van der Waals surface area contributed by atoms with Gasteiger partial charge in [-0.15, -0.1) is 0 Å². The van der Waals surface area contributed by atoms with Crippen molar-refractivity contribution in [2.75, 3.05) is 4.90 Å². The lowest BCUT2D eigenvalue weighted by molar-refractivity contribution is 0.660. The van der Waals surface area contributed by atoms with Crippen LogP contribution < -0.4 is 4.90 Å². The van der Waals surface area contributed by atoms with Crippen LogP contribution in [0.25, 0.3) is 77.5 Å². The molecule has 0 amide bonds. The van der Waals surface area contributed by atoms with Crippen LogP contribution in [0.1, 0.15) is 49.9 Å². The fraction of sp³-hybridized carbons (Fsp3) is 0.0938. The van der Waals surface area contributed by atoms with Gasteiger partial charge < -0.3 is 4.90 Å². The van der Waals surface area contributed by atoms with Crippen molar-refractivity contribution in [2.45, 2.75) is 38.5 Å². The Morgan fingerprint density at radius 3 is 1.42 bits per heavy atom. The van der Waals surface area contributed by atoms with Crippen molar-refractivity contribution in [3.05, 3.63) is 247 Å². The van der Waals surface area contributed by atoms with E-state index in [1.165, 1.54) is 99.8 Å². The molecular weight excluding hydrogens is 783 g/mol. The summed E-state index contributed by atoms with van der Waals surface area (Å²) in [4.78, 5) is 2.54. The first-order valence-electron chi connectivity index (χ1n) is 22.9. The normalized spacial score (nSPS) is 13.8. The van der Waals surface area contributed by atoms with Gasteiger partial charge in [-0.1, -0.05) is 210 Å². The minimum atomic E-state index is -0.241. The van der Waals surface area contributed by atoms with Gasteiger partial charge in [0.1, 0.15) is 0 Å². The van der Waals surface area contributed by atoms with E-state index in [2.05, 4.69) is 257 Å². The van der Waals surface area contributed by atoms with Crippen LogP contribution in [0.2, 0.25) is 0 Å². The van der Waals surface area contributed by atoms with Gasteiger partial charge in [-0.25, -0.2) is 0 Å². The first kappa shape index (κ1) is 38.9. The van der Waals surface area contributed by atoms with Gasteiger partial charge >= 0.3 is 0 Å². The van der Waals surface area contributed by atoms with Crippen molar-refractivity contribution in [3.8, 4) is 66.8 Å². The predicted octanol–water partition coefficient (Wildman–Crippen LogP) is 17.6. The number of rotatable bonds is 7. The molecule has 0 radical (unpaired) electrons. The number of hydrogen-bond donors (Lipinski definition) is 0. The summed E-state index contributed by atoms with van der Waals surface area (Å²) < 4.78 is 0. The zero-order chi connectivity index (χ0) is 43.9. The van der Waals surface area contributed by atoms with E-state index in [1.54, 1.807) is 0 Å². The quantitative estimate of drug-likeness (QED) is 0.155. The Morgan fingerprint density at radius 1 is 0.277 bits per heavy atom. The minimum absolute atomic E-state index is 0.160. The molecule has 65 heavy (non-hydrogen) atoms. The van der Waals surface area contributed by atoms with Crippen LogP contribution in [0, 0.1) is 0 Å². The van der Waals surface area contributed by atoms with E-state index >= 15 is 0 Å². The fourth-order valence-electron chi connectivity index (χ4n) is 11.1. The second-order valence-electron chi connectivity index (χ2n) is 18.9. The zero-order valence-corrected chi connectivity index (χ0v) is 37.3. The van der Waals surface area contributed by atoms with E-state index in [-0.39, 0.29) is 10.8 Å². The van der Waals surface area contributed by atoms with Crippen molar-refractivity contribution in [1.82, 2.24) is 0 Å². The van der Waals surface area contributed by atoms with Gasteiger partial charge in [0, 0.05) is 27.8 Å². The number of fused-ring (bicyclic) bond motifs is 7. The Hall–Kier alpha value is -7.74. The summed E-state index contributed by atoms with van der Waals surface area (Å²) in [6.45, 7) is 9.57. The Morgan fingerprint density at radius 2 is 0.738 bits per heavy atom. The Bertz CT molecular complexity index is 3480. The van der Waals surface area contributed by atoms with Crippen LogP contribution in [-0.4, -0.2) is 0 Å². The van der Waals surface area contributed by atoms with Crippen molar-refractivity contribution >= 4 is 27.8 Å². The van der Waals surface area contributed by atoms with E-state index in [1.807, 2.05) is 0 Å². The molecule has 0 N–H and O–H groups in total. The Balaban J connectivity index is 1.08. The molecule has 0 saturated heterocycles. The predicted molar refractivity (Wildman–Crippen MR) is 276 cm³/mol. The third-order valence-corrected chi connectivity index (χ3v) is 14.5. The molecule has 0 aliphatic heterocycles. The highest BCUT2D eigenvalue weighted by atomic mass is 15.1. The van der Waals surface area contributed by atoms with Crippen molar-refractivity contribution in [2.24, 2.45) is 0 Å². The number of nitrogens with zero attached hydrogens (tertiary/aromatic N) is 1. The fourth-order valence-corrected chi connectivity index (χ4v) is 11.1. The SMILES string of the molecule is CC1(C)c2ccccc2-c2ccc(N(c3ccc4c(c3)C(C)(C)c3cc(-c5ccc6ccccc6c5)ccc3-4)c3cccc(-c4ccccc4)c3-c3ccccc3-c3ccccc3)cc21. The number of hydrogen-bond acceptors (Lipinski definition) is 1. The molecule has 0 aromatic heterocycles. The van der Waals surface area contributed by atoms with Gasteiger partial charge in [0.05, 0.1) is 5.69 Å². The molecule has 0 saturated carbocycles. The third kappa shape index (κ3) is 6.21. The topological polar surface area (TPSA) is 3.24 Å². The van der Waals surface area contributed by atoms with Crippen LogP contribution in [0.4, 0.5) is 17.1 Å². The van der Waals surface area contributed by atoms with E-state index in [0.717, 1.165) is 17.1 Å². The first-order valence-corrected chi connectivity index (χ1v) is 22.9. The average Bonchev–Trinajstić information content (AvgIpc) is 3.72. The molecule has 310 valence electrons. The van der Waals surface area contributed by atoms with Crippen LogP contribution in [0.15, 0.2) is 224 Å². The first-order chi connectivity index (χ1) is 31.8. The summed E-state index contributed by atoms with van der Waals surface area (Å²) in [5.41, 5.74) is 23.4. The molecule has 12 rings (SSSR count). The molecule has 0 fully saturated rings. The lowest BCUT2D eigenvalue weighted by Gasteiger charge is -2.32. The highest BCUT2D eigenvalue weighted by molar-refractivity contribution is 6.02. The van der Waals surface area contributed by atoms with Crippen LogP contribution in [0.3, 0.4) is 0 Å². The van der Waals surface area contributed by atoms with Gasteiger partial charge in [-0.2, -0.15) is 0 Å². The van der Waals surface area contributed by atoms with Crippen molar-refractivity contribution in [1.29, 1.82) is 0 Å². The molecule has 0 spiro atoms. The zero-order valence-electron chi connectivity index (χ0n) is 37.3. The maximum atomic E-state index is 2.54. The number of anilines is 3. The van der Waals surface area contributed by atoms with E-state index in [0.29, 0.717) is 0 Å². The van der Waals surface area contributed by atoms with Crippen molar-refractivity contribution in [3.63, 3.8) is 0 Å². The smallest absolute Gasteiger partial charge is 0.0546 e. The lowest BCUT2D eigenvalue weighted by Crippen LogP contribution is -2.18. The summed E-state index contributed by atoms with van der Waals surface area (Å²) in [5, 5.41) is 2.53. The van der Waals surface area contributed by atoms with Crippen molar-refractivity contribution < 1.29 is 0 Å². The molecule has 1 nitrogen and oxygen atoms in total. The van der Waals surface area contributed by atoms with Crippen LogP contribution >= 0.6 is 0 Å². The second kappa shape index (κ2) is 14.9. The summed E-state index contributed by atoms with van der Waals surface area (Å²) >= 11 is 0. The molecule has 0 atom stereocenters. The molecular formula is C64H49N. The standard InChI is InChI=1S/C64H49N/c1-63(2)57-28-16-15-25-52(57)54-36-33-48(40-59(54)63)65(61-29-17-27-51(44-21-9-6-10-22-44)62(61)56-26-14-13-24-50(56)43-19-7-5-8-20-43)49-34-37-55-53-35-32-47(39-58(53)64(3,4)60(55)41-49)46-31-30-42-18-11-12-23-45(42)38-46/h5-41H,1-4H3. The van der Waals surface area contributed by atoms with Gasteiger partial charge in [0.15, 0.2) is 0 Å². The minimum Gasteiger partial charge on any atom is -0.310 e. The summed E-state index contributed by atoms with van der Waals surface area (Å²) in [7, 11) is 0. The molecule has 10 aromatic carbocycles. The van der Waals surface area contributed by atoms with E-state index in [4.69, 9.17) is 0 Å².